The second kappa shape index (κ2) is 5.97. The zero-order chi connectivity index (χ0) is 19.3. The molecule has 1 aliphatic carbocycles. The van der Waals surface area contributed by atoms with E-state index in [2.05, 4.69) is 0 Å². The molecule has 0 radical (unpaired) electrons. The molecular formula is C16H16N2O7S. The zero-order valence-electron chi connectivity index (χ0n) is 13.9. The Morgan fingerprint density at radius 1 is 1.19 bits per heavy atom. The van der Waals surface area contributed by atoms with E-state index in [9.17, 15) is 32.9 Å². The Morgan fingerprint density at radius 3 is 2.31 bits per heavy atom. The van der Waals surface area contributed by atoms with Crippen molar-refractivity contribution < 1.29 is 27.7 Å². The standard InChI is InChI=1S/C16H16N2O7S/c1-10-9-14(20)17(15(21)16(10)8-2-3-13(16)19)26(24,25)12-6-4-11(5-7-12)18(22)23/h4-7,10H,2-3,8-9H2,1H3/t10-,16+/m1/s1. The number of imide groups is 1. The van der Waals surface area contributed by atoms with Gasteiger partial charge in [-0.2, -0.15) is 4.31 Å². The first-order valence-electron chi connectivity index (χ1n) is 8.02. The number of carbonyl (C=O) groups excluding carboxylic acids is 3. The first-order chi connectivity index (χ1) is 12.1. The summed E-state index contributed by atoms with van der Waals surface area (Å²) < 4.78 is 25.9. The summed E-state index contributed by atoms with van der Waals surface area (Å²) >= 11 is 0. The summed E-state index contributed by atoms with van der Waals surface area (Å²) in [7, 11) is -4.55. The van der Waals surface area contributed by atoms with Gasteiger partial charge in [-0.05, 0) is 30.9 Å². The molecule has 2 fully saturated rings. The van der Waals surface area contributed by atoms with Crippen molar-refractivity contribution in [2.24, 2.45) is 11.3 Å². The van der Waals surface area contributed by atoms with Crippen molar-refractivity contribution in [3.63, 3.8) is 0 Å². The summed E-state index contributed by atoms with van der Waals surface area (Å²) in [6.45, 7) is 1.61. The van der Waals surface area contributed by atoms with E-state index in [0.717, 1.165) is 24.3 Å². The molecule has 3 rings (SSSR count). The fourth-order valence-electron chi connectivity index (χ4n) is 3.75. The topological polar surface area (TPSA) is 132 Å². The number of Topliss-reactive ketones (excluding diaryl/α,β-unsaturated/α-hetero) is 1. The monoisotopic (exact) mass is 380 g/mol. The van der Waals surface area contributed by atoms with E-state index in [1.165, 1.54) is 0 Å². The van der Waals surface area contributed by atoms with Crippen LogP contribution in [0.15, 0.2) is 29.2 Å². The quantitative estimate of drug-likeness (QED) is 0.335. The minimum absolute atomic E-state index is 0.176. The lowest BCUT2D eigenvalue weighted by Crippen LogP contribution is -2.58. The van der Waals surface area contributed by atoms with E-state index >= 15 is 0 Å². The highest BCUT2D eigenvalue weighted by molar-refractivity contribution is 7.90. The van der Waals surface area contributed by atoms with Crippen molar-refractivity contribution in [1.29, 1.82) is 0 Å². The summed E-state index contributed by atoms with van der Waals surface area (Å²) in [5.41, 5.74) is -1.81. The molecule has 2 aliphatic rings. The number of non-ortho nitro benzene ring substituents is 1. The summed E-state index contributed by atoms with van der Waals surface area (Å²) in [4.78, 5) is 47.3. The van der Waals surface area contributed by atoms with Crippen LogP contribution in [0.25, 0.3) is 0 Å². The number of piperidine rings is 1. The molecule has 0 bridgehead atoms. The van der Waals surface area contributed by atoms with Crippen LogP contribution in [0.1, 0.15) is 32.6 Å². The van der Waals surface area contributed by atoms with Crippen LogP contribution >= 0.6 is 0 Å². The van der Waals surface area contributed by atoms with Crippen molar-refractivity contribution in [2.75, 3.05) is 0 Å². The van der Waals surface area contributed by atoms with Crippen molar-refractivity contribution >= 4 is 33.3 Å². The molecule has 1 spiro atoms. The SMILES string of the molecule is C[C@@H]1CC(=O)N(S(=O)(=O)c2ccc([N+](=O)[O-])cc2)C(=O)[C@@]12CCCC2=O. The molecule has 2 atom stereocenters. The predicted octanol–water partition coefficient (Wildman–Crippen LogP) is 1.42. The number of carbonyl (C=O) groups is 3. The minimum Gasteiger partial charge on any atom is -0.298 e. The molecule has 1 saturated carbocycles. The number of amides is 2. The third-order valence-corrected chi connectivity index (χ3v) is 6.89. The van der Waals surface area contributed by atoms with Crippen molar-refractivity contribution in [3.05, 3.63) is 34.4 Å². The zero-order valence-corrected chi connectivity index (χ0v) is 14.7. The summed E-state index contributed by atoms with van der Waals surface area (Å²) in [5.74, 6) is -2.82. The maximum absolute atomic E-state index is 13.0. The normalized spacial score (nSPS) is 26.6. The molecule has 9 nitrogen and oxygen atoms in total. The Hall–Kier alpha value is -2.62. The van der Waals surface area contributed by atoms with Crippen molar-refractivity contribution in [1.82, 2.24) is 4.31 Å². The molecule has 1 aromatic rings. The predicted molar refractivity (Wildman–Crippen MR) is 87.2 cm³/mol. The van der Waals surface area contributed by atoms with Gasteiger partial charge in [0.15, 0.2) is 0 Å². The Bertz CT molecular complexity index is 922. The van der Waals surface area contributed by atoms with Gasteiger partial charge in [0.05, 0.1) is 9.82 Å². The molecule has 10 heteroatoms. The molecule has 0 N–H and O–H groups in total. The third kappa shape index (κ3) is 2.44. The van der Waals surface area contributed by atoms with E-state index < -0.39 is 43.0 Å². The fraction of sp³-hybridized carbons (Fsp3) is 0.438. The highest BCUT2D eigenvalue weighted by Crippen LogP contribution is 2.48. The summed E-state index contributed by atoms with van der Waals surface area (Å²) in [5, 5.41) is 10.7. The molecule has 2 amide bonds. The molecule has 1 heterocycles. The summed E-state index contributed by atoms with van der Waals surface area (Å²) in [6, 6.07) is 3.89. The number of nitro groups is 1. The van der Waals surface area contributed by atoms with Crippen LogP contribution in [0.4, 0.5) is 5.69 Å². The Labute approximate surface area is 149 Å². The molecule has 26 heavy (non-hydrogen) atoms. The van der Waals surface area contributed by atoms with Crippen LogP contribution in [0, 0.1) is 21.4 Å². The Morgan fingerprint density at radius 2 is 1.81 bits per heavy atom. The van der Waals surface area contributed by atoms with E-state index in [1.54, 1.807) is 6.92 Å². The Balaban J connectivity index is 2.06. The number of hydrogen-bond donors (Lipinski definition) is 0. The van der Waals surface area contributed by atoms with Gasteiger partial charge in [-0.15, -0.1) is 0 Å². The van der Waals surface area contributed by atoms with Crippen LogP contribution < -0.4 is 0 Å². The van der Waals surface area contributed by atoms with Gasteiger partial charge in [0, 0.05) is 25.0 Å². The number of rotatable bonds is 3. The minimum atomic E-state index is -4.55. The molecule has 0 aromatic heterocycles. The summed E-state index contributed by atoms with van der Waals surface area (Å²) in [6.07, 6.45) is 0.624. The van der Waals surface area contributed by atoms with Crippen LogP contribution in [0.2, 0.25) is 0 Å². The highest BCUT2D eigenvalue weighted by atomic mass is 32.2. The van der Waals surface area contributed by atoms with Crippen LogP contribution in [-0.4, -0.2) is 35.2 Å². The number of benzene rings is 1. The van der Waals surface area contributed by atoms with Crippen LogP contribution in [0.3, 0.4) is 0 Å². The first-order valence-corrected chi connectivity index (χ1v) is 9.46. The van der Waals surface area contributed by atoms with Crippen molar-refractivity contribution in [2.45, 2.75) is 37.5 Å². The Kier molecular flexibility index (Phi) is 4.18. The average molecular weight is 380 g/mol. The van der Waals surface area contributed by atoms with Gasteiger partial charge in [-0.3, -0.25) is 24.5 Å². The van der Waals surface area contributed by atoms with Gasteiger partial charge in [0.25, 0.3) is 21.6 Å². The second-order valence-electron chi connectivity index (χ2n) is 6.57. The lowest BCUT2D eigenvalue weighted by molar-refractivity contribution is -0.384. The number of nitrogens with zero attached hydrogens (tertiary/aromatic N) is 2. The van der Waals surface area contributed by atoms with Crippen LogP contribution in [-0.2, 0) is 24.4 Å². The number of hydrogen-bond acceptors (Lipinski definition) is 7. The van der Waals surface area contributed by atoms with Gasteiger partial charge in [0.1, 0.15) is 11.2 Å². The van der Waals surface area contributed by atoms with Gasteiger partial charge in [-0.25, -0.2) is 8.42 Å². The fourth-order valence-corrected chi connectivity index (χ4v) is 5.17. The number of nitro benzene ring substituents is 1. The molecule has 1 saturated heterocycles. The van der Waals surface area contributed by atoms with Gasteiger partial charge in [0.2, 0.25) is 5.91 Å². The molecule has 1 aliphatic heterocycles. The largest absolute Gasteiger partial charge is 0.298 e. The van der Waals surface area contributed by atoms with E-state index in [0.29, 0.717) is 6.42 Å². The molecule has 1 aromatic carbocycles. The molecular weight excluding hydrogens is 364 g/mol. The van der Waals surface area contributed by atoms with Gasteiger partial charge < -0.3 is 0 Å². The molecule has 0 unspecified atom stereocenters. The average Bonchev–Trinajstić information content (AvgIpc) is 2.95. The smallest absolute Gasteiger partial charge is 0.273 e. The maximum atomic E-state index is 13.0. The maximum Gasteiger partial charge on any atom is 0.273 e. The highest BCUT2D eigenvalue weighted by Gasteiger charge is 2.60. The number of ketones is 1. The lowest BCUT2D eigenvalue weighted by atomic mass is 9.69. The van der Waals surface area contributed by atoms with Gasteiger partial charge in [-0.1, -0.05) is 6.92 Å². The van der Waals surface area contributed by atoms with E-state index in [1.807, 2.05) is 0 Å². The van der Waals surface area contributed by atoms with Crippen LogP contribution in [0.5, 0.6) is 0 Å². The van der Waals surface area contributed by atoms with Gasteiger partial charge >= 0.3 is 0 Å². The first kappa shape index (κ1) is 18.2. The molecule has 138 valence electrons. The van der Waals surface area contributed by atoms with E-state index in [4.69, 9.17) is 0 Å². The van der Waals surface area contributed by atoms with E-state index in [-0.39, 0.29) is 35.0 Å². The number of sulfonamides is 1. The second-order valence-corrected chi connectivity index (χ2v) is 8.36. The third-order valence-electron chi connectivity index (χ3n) is 5.17. The van der Waals surface area contributed by atoms with Crippen molar-refractivity contribution in [3.8, 4) is 0 Å². The lowest BCUT2D eigenvalue weighted by Gasteiger charge is -2.40.